The van der Waals surface area contributed by atoms with Gasteiger partial charge >= 0.3 is 0 Å². The van der Waals surface area contributed by atoms with Gasteiger partial charge in [0.15, 0.2) is 0 Å². The molecule has 84 valence electrons. The number of hydrogen-bond donors (Lipinski definition) is 1. The lowest BCUT2D eigenvalue weighted by Crippen LogP contribution is -2.21. The summed E-state index contributed by atoms with van der Waals surface area (Å²) in [6.07, 6.45) is 0. The Hall–Kier alpha value is -0.310. The fourth-order valence-corrected chi connectivity index (χ4v) is 1.39. The minimum absolute atomic E-state index is 0.160. The van der Waals surface area contributed by atoms with Crippen molar-refractivity contribution in [2.75, 3.05) is 12.4 Å². The Morgan fingerprint density at radius 1 is 1.47 bits per heavy atom. The Bertz CT molecular complexity index is 317. The third kappa shape index (κ3) is 4.37. The van der Waals surface area contributed by atoms with E-state index in [1.54, 1.807) is 6.07 Å². The number of benzene rings is 1. The molecule has 15 heavy (non-hydrogen) atoms. The highest BCUT2D eigenvalue weighted by Gasteiger charge is 2.02. The monoisotopic (exact) mass is 249 g/mol. The summed E-state index contributed by atoms with van der Waals surface area (Å²) in [7, 11) is 0. The smallest absolute Gasteiger partial charge is 0.142 e. The predicted octanol–water partition coefficient (Wildman–Crippen LogP) is 3.44. The SMILES string of the molecule is CC(CCl)CNCc1ccc(Cl)c(F)c1. The van der Waals surface area contributed by atoms with Crippen molar-refractivity contribution in [3.05, 3.63) is 34.6 Å². The fourth-order valence-electron chi connectivity index (χ4n) is 1.17. The first-order valence-corrected chi connectivity index (χ1v) is 5.75. The summed E-state index contributed by atoms with van der Waals surface area (Å²) in [5, 5.41) is 3.36. The normalized spacial score (nSPS) is 12.8. The van der Waals surface area contributed by atoms with Crippen molar-refractivity contribution >= 4 is 23.2 Å². The van der Waals surface area contributed by atoms with Gasteiger partial charge in [0.25, 0.3) is 0 Å². The van der Waals surface area contributed by atoms with Crippen LogP contribution in [0.25, 0.3) is 0 Å². The van der Waals surface area contributed by atoms with Crippen LogP contribution in [0.4, 0.5) is 4.39 Å². The van der Waals surface area contributed by atoms with E-state index in [4.69, 9.17) is 23.2 Å². The molecular formula is C11H14Cl2FN. The van der Waals surface area contributed by atoms with Gasteiger partial charge < -0.3 is 5.32 Å². The molecule has 1 nitrogen and oxygen atoms in total. The third-order valence-corrected chi connectivity index (χ3v) is 2.90. The molecule has 0 radical (unpaired) electrons. The topological polar surface area (TPSA) is 12.0 Å². The van der Waals surface area contributed by atoms with Gasteiger partial charge in [0.1, 0.15) is 5.82 Å². The minimum Gasteiger partial charge on any atom is -0.312 e. The summed E-state index contributed by atoms with van der Waals surface area (Å²) < 4.78 is 13.1. The van der Waals surface area contributed by atoms with Gasteiger partial charge in [-0.2, -0.15) is 0 Å². The van der Waals surface area contributed by atoms with Gasteiger partial charge in [-0.05, 0) is 30.2 Å². The number of rotatable bonds is 5. The highest BCUT2D eigenvalue weighted by molar-refractivity contribution is 6.30. The molecule has 0 heterocycles. The van der Waals surface area contributed by atoms with Crippen molar-refractivity contribution in [1.29, 1.82) is 0 Å². The maximum atomic E-state index is 13.1. The van der Waals surface area contributed by atoms with Gasteiger partial charge in [0.05, 0.1) is 5.02 Å². The van der Waals surface area contributed by atoms with Gasteiger partial charge in [0, 0.05) is 12.4 Å². The zero-order valence-corrected chi connectivity index (χ0v) is 10.1. The van der Waals surface area contributed by atoms with Crippen LogP contribution in [0.3, 0.4) is 0 Å². The maximum absolute atomic E-state index is 13.1. The number of hydrogen-bond acceptors (Lipinski definition) is 1. The van der Waals surface area contributed by atoms with Crippen LogP contribution in [-0.4, -0.2) is 12.4 Å². The van der Waals surface area contributed by atoms with Gasteiger partial charge in [-0.25, -0.2) is 4.39 Å². The second-order valence-electron chi connectivity index (χ2n) is 3.64. The second kappa shape index (κ2) is 6.31. The molecule has 0 amide bonds. The number of halogens is 3. The highest BCUT2D eigenvalue weighted by atomic mass is 35.5. The van der Waals surface area contributed by atoms with E-state index in [0.717, 1.165) is 12.1 Å². The van der Waals surface area contributed by atoms with Crippen LogP contribution in [0.5, 0.6) is 0 Å². The molecule has 0 aliphatic carbocycles. The third-order valence-electron chi connectivity index (χ3n) is 2.07. The van der Waals surface area contributed by atoms with E-state index in [9.17, 15) is 4.39 Å². The molecule has 1 aromatic rings. The highest BCUT2D eigenvalue weighted by Crippen LogP contribution is 2.15. The standard InChI is InChI=1S/C11H14Cl2FN/c1-8(5-12)6-15-7-9-2-3-10(13)11(14)4-9/h2-4,8,15H,5-7H2,1H3. The van der Waals surface area contributed by atoms with Crippen molar-refractivity contribution in [2.24, 2.45) is 5.92 Å². The minimum atomic E-state index is -0.374. The molecule has 1 rings (SSSR count). The summed E-state index contributed by atoms with van der Waals surface area (Å²) in [6.45, 7) is 3.52. The molecule has 0 fully saturated rings. The van der Waals surface area contributed by atoms with Gasteiger partial charge in [-0.15, -0.1) is 11.6 Å². The summed E-state index contributed by atoms with van der Waals surface area (Å²) >= 11 is 11.2. The Labute approximate surface area is 99.6 Å². The molecular weight excluding hydrogens is 236 g/mol. The molecule has 0 saturated carbocycles. The van der Waals surface area contributed by atoms with Crippen LogP contribution in [0.1, 0.15) is 12.5 Å². The Kier molecular flexibility index (Phi) is 5.37. The van der Waals surface area contributed by atoms with Crippen molar-refractivity contribution in [1.82, 2.24) is 5.32 Å². The molecule has 0 aliphatic heterocycles. The zero-order chi connectivity index (χ0) is 11.3. The summed E-state index contributed by atoms with van der Waals surface area (Å²) in [5.41, 5.74) is 0.888. The molecule has 0 saturated heterocycles. The van der Waals surface area contributed by atoms with E-state index < -0.39 is 0 Å². The Morgan fingerprint density at radius 3 is 2.80 bits per heavy atom. The predicted molar refractivity (Wildman–Crippen MR) is 63.0 cm³/mol. The molecule has 4 heteroatoms. The maximum Gasteiger partial charge on any atom is 0.142 e. The first kappa shape index (κ1) is 12.8. The number of nitrogens with one attached hydrogen (secondary N) is 1. The van der Waals surface area contributed by atoms with Crippen molar-refractivity contribution < 1.29 is 4.39 Å². The molecule has 0 aromatic heterocycles. The van der Waals surface area contributed by atoms with Crippen molar-refractivity contribution in [2.45, 2.75) is 13.5 Å². The van der Waals surface area contributed by atoms with Gasteiger partial charge in [-0.1, -0.05) is 24.6 Å². The van der Waals surface area contributed by atoms with E-state index in [1.807, 2.05) is 6.07 Å². The summed E-state index contributed by atoms with van der Waals surface area (Å²) in [6, 6.07) is 4.82. The van der Waals surface area contributed by atoms with E-state index >= 15 is 0 Å². The molecule has 1 unspecified atom stereocenters. The molecule has 0 spiro atoms. The van der Waals surface area contributed by atoms with Crippen LogP contribution < -0.4 is 5.32 Å². The Balaban J connectivity index is 2.41. The quantitative estimate of drug-likeness (QED) is 0.789. The first-order valence-electron chi connectivity index (χ1n) is 4.84. The van der Waals surface area contributed by atoms with Crippen molar-refractivity contribution in [3.8, 4) is 0 Å². The van der Waals surface area contributed by atoms with Crippen LogP contribution in [-0.2, 0) is 6.54 Å². The number of alkyl halides is 1. The molecule has 1 N–H and O–H groups in total. The van der Waals surface area contributed by atoms with E-state index in [-0.39, 0.29) is 10.8 Å². The van der Waals surface area contributed by atoms with E-state index in [2.05, 4.69) is 12.2 Å². The molecule has 0 bridgehead atoms. The van der Waals surface area contributed by atoms with Crippen LogP contribution in [0, 0.1) is 11.7 Å². The van der Waals surface area contributed by atoms with Gasteiger partial charge in [-0.3, -0.25) is 0 Å². The molecule has 1 aromatic carbocycles. The lowest BCUT2D eigenvalue weighted by Gasteiger charge is -2.09. The summed E-state index contributed by atoms with van der Waals surface area (Å²) in [5.74, 6) is 0.673. The first-order chi connectivity index (χ1) is 7.13. The average Bonchev–Trinajstić information content (AvgIpc) is 2.23. The summed E-state index contributed by atoms with van der Waals surface area (Å²) in [4.78, 5) is 0. The molecule has 1 atom stereocenters. The lowest BCUT2D eigenvalue weighted by atomic mass is 10.2. The van der Waals surface area contributed by atoms with Crippen LogP contribution >= 0.6 is 23.2 Å². The van der Waals surface area contributed by atoms with E-state index in [0.29, 0.717) is 18.3 Å². The van der Waals surface area contributed by atoms with Crippen LogP contribution in [0.15, 0.2) is 18.2 Å². The van der Waals surface area contributed by atoms with Gasteiger partial charge in [0.2, 0.25) is 0 Å². The fraction of sp³-hybridized carbons (Fsp3) is 0.455. The lowest BCUT2D eigenvalue weighted by molar-refractivity contribution is 0.554. The average molecular weight is 250 g/mol. The largest absolute Gasteiger partial charge is 0.312 e. The van der Waals surface area contributed by atoms with Crippen LogP contribution in [0.2, 0.25) is 5.02 Å². The van der Waals surface area contributed by atoms with E-state index in [1.165, 1.54) is 6.07 Å². The van der Waals surface area contributed by atoms with Crippen molar-refractivity contribution in [3.63, 3.8) is 0 Å². The molecule has 0 aliphatic rings. The zero-order valence-electron chi connectivity index (χ0n) is 8.56. The Morgan fingerprint density at radius 2 is 2.20 bits per heavy atom. The second-order valence-corrected chi connectivity index (χ2v) is 4.35.